The lowest BCUT2D eigenvalue weighted by Crippen LogP contribution is -2.49. The van der Waals surface area contributed by atoms with Crippen LogP contribution in [0.25, 0.3) is 16.8 Å². The molecule has 0 atom stereocenters. The number of fused-ring (bicyclic) bond motifs is 3. The van der Waals surface area contributed by atoms with Crippen LogP contribution in [0.1, 0.15) is 55.5 Å². The lowest BCUT2D eigenvalue weighted by atomic mass is 9.49. The predicted octanol–water partition coefficient (Wildman–Crippen LogP) is 7.68. The number of amides is 1. The van der Waals surface area contributed by atoms with E-state index in [-0.39, 0.29) is 17.1 Å². The fourth-order valence-corrected chi connectivity index (χ4v) is 9.60. The third-order valence-electron chi connectivity index (χ3n) is 9.58. The molecule has 0 radical (unpaired) electrons. The Labute approximate surface area is 258 Å². The van der Waals surface area contributed by atoms with E-state index in [9.17, 15) is 4.79 Å². The zero-order valence-electron chi connectivity index (χ0n) is 22.9. The van der Waals surface area contributed by atoms with Crippen molar-refractivity contribution in [2.24, 2.45) is 22.9 Å². The number of hydrogen-bond acceptors (Lipinski definition) is 5. The molecular formula is C33H29Cl2N5OS. The van der Waals surface area contributed by atoms with Crippen LogP contribution in [0.3, 0.4) is 0 Å². The van der Waals surface area contributed by atoms with E-state index in [1.165, 1.54) is 31.0 Å². The van der Waals surface area contributed by atoms with Gasteiger partial charge in [-0.2, -0.15) is 5.10 Å². The van der Waals surface area contributed by atoms with Crippen molar-refractivity contribution in [3.8, 4) is 16.8 Å². The molecule has 3 aromatic carbocycles. The van der Waals surface area contributed by atoms with E-state index < -0.39 is 0 Å². The molecule has 0 aliphatic heterocycles. The summed E-state index contributed by atoms with van der Waals surface area (Å²) in [6.07, 6.45) is 7.47. The van der Waals surface area contributed by atoms with Crippen LogP contribution in [-0.4, -0.2) is 32.1 Å². The lowest BCUT2D eigenvalue weighted by molar-refractivity contribution is -0.118. The van der Waals surface area contributed by atoms with E-state index in [2.05, 4.69) is 32.3 Å². The van der Waals surface area contributed by atoms with Gasteiger partial charge in [0.15, 0.2) is 5.16 Å². The summed E-state index contributed by atoms with van der Waals surface area (Å²) in [7, 11) is 0. The quantitative estimate of drug-likeness (QED) is 0.157. The van der Waals surface area contributed by atoms with Crippen LogP contribution in [0.5, 0.6) is 0 Å². The molecular weight excluding hydrogens is 585 g/mol. The second kappa shape index (κ2) is 10.2. The summed E-state index contributed by atoms with van der Waals surface area (Å²) in [6.45, 7) is 0. The van der Waals surface area contributed by atoms with Crippen molar-refractivity contribution in [2.75, 3.05) is 5.75 Å². The van der Waals surface area contributed by atoms with E-state index in [0.717, 1.165) is 76.5 Å². The smallest absolute Gasteiger partial charge is 0.250 e. The number of hydrazone groups is 1. The molecule has 212 valence electrons. The zero-order valence-corrected chi connectivity index (χ0v) is 25.2. The van der Waals surface area contributed by atoms with Gasteiger partial charge in [-0.15, -0.1) is 10.2 Å². The SMILES string of the molecule is O=C(CSc1nnc(C23CC4CC(CC(C4)C2)C3)n1-c1ccc(Cl)cc1Cl)NN=C1c2ccccc2-c2ccccc21. The molecule has 0 saturated heterocycles. The summed E-state index contributed by atoms with van der Waals surface area (Å²) < 4.78 is 2.10. The fourth-order valence-electron chi connectivity index (χ4n) is 8.37. The summed E-state index contributed by atoms with van der Waals surface area (Å²) >= 11 is 14.4. The molecule has 6 nitrogen and oxygen atoms in total. The average molecular weight is 615 g/mol. The summed E-state index contributed by atoms with van der Waals surface area (Å²) in [6, 6.07) is 21.8. The lowest BCUT2D eigenvalue weighted by Gasteiger charge is -2.56. The van der Waals surface area contributed by atoms with Crippen LogP contribution in [-0.2, 0) is 10.2 Å². The highest BCUT2D eigenvalue weighted by Gasteiger charge is 2.54. The maximum Gasteiger partial charge on any atom is 0.250 e. The fraction of sp³-hybridized carbons (Fsp3) is 0.333. The van der Waals surface area contributed by atoms with Crippen LogP contribution in [0.2, 0.25) is 10.0 Å². The molecule has 1 aromatic heterocycles. The van der Waals surface area contributed by atoms with Gasteiger partial charge in [0, 0.05) is 21.6 Å². The van der Waals surface area contributed by atoms with E-state index in [4.69, 9.17) is 28.3 Å². The van der Waals surface area contributed by atoms with Gasteiger partial charge in [-0.1, -0.05) is 83.5 Å². The van der Waals surface area contributed by atoms with Gasteiger partial charge >= 0.3 is 0 Å². The first kappa shape index (κ1) is 26.5. The number of hydrogen-bond donors (Lipinski definition) is 1. The molecule has 1 heterocycles. The van der Waals surface area contributed by atoms with Gasteiger partial charge in [-0.3, -0.25) is 9.36 Å². The minimum Gasteiger partial charge on any atom is -0.272 e. The maximum absolute atomic E-state index is 13.1. The maximum atomic E-state index is 13.1. The Morgan fingerprint density at radius 3 is 2.07 bits per heavy atom. The minimum absolute atomic E-state index is 0.00100. The summed E-state index contributed by atoms with van der Waals surface area (Å²) in [5, 5.41) is 15.8. The van der Waals surface area contributed by atoms with Crippen molar-refractivity contribution >= 4 is 46.6 Å². The molecule has 1 N–H and O–H groups in total. The van der Waals surface area contributed by atoms with Gasteiger partial charge in [0.2, 0.25) is 0 Å². The summed E-state index contributed by atoms with van der Waals surface area (Å²) in [5.74, 6) is 3.19. The summed E-state index contributed by atoms with van der Waals surface area (Å²) in [4.78, 5) is 13.1. The van der Waals surface area contributed by atoms with E-state index in [1.807, 2.05) is 48.5 Å². The van der Waals surface area contributed by atoms with Crippen LogP contribution in [0, 0.1) is 17.8 Å². The number of carbonyl (C=O) groups excluding carboxylic acids is 1. The highest BCUT2D eigenvalue weighted by molar-refractivity contribution is 7.99. The van der Waals surface area contributed by atoms with Crippen molar-refractivity contribution in [3.05, 3.63) is 93.7 Å². The Balaban J connectivity index is 1.08. The highest BCUT2D eigenvalue weighted by atomic mass is 35.5. The largest absolute Gasteiger partial charge is 0.272 e. The van der Waals surface area contributed by atoms with Crippen molar-refractivity contribution in [1.82, 2.24) is 20.2 Å². The van der Waals surface area contributed by atoms with Crippen molar-refractivity contribution < 1.29 is 4.79 Å². The first-order valence-electron chi connectivity index (χ1n) is 14.6. The Morgan fingerprint density at radius 1 is 0.881 bits per heavy atom. The molecule has 0 unspecified atom stereocenters. The predicted molar refractivity (Wildman–Crippen MR) is 168 cm³/mol. The minimum atomic E-state index is -0.206. The van der Waals surface area contributed by atoms with Crippen molar-refractivity contribution in [2.45, 2.75) is 49.1 Å². The van der Waals surface area contributed by atoms with E-state index in [1.54, 1.807) is 6.07 Å². The molecule has 42 heavy (non-hydrogen) atoms. The highest BCUT2D eigenvalue weighted by Crippen LogP contribution is 2.60. The van der Waals surface area contributed by atoms with Crippen molar-refractivity contribution in [3.63, 3.8) is 0 Å². The number of benzene rings is 3. The van der Waals surface area contributed by atoms with Gasteiger partial charge in [0.05, 0.1) is 22.2 Å². The average Bonchev–Trinajstić information content (AvgIpc) is 3.54. The number of nitrogens with zero attached hydrogens (tertiary/aromatic N) is 4. The zero-order chi connectivity index (χ0) is 28.4. The normalized spacial score (nSPS) is 24.9. The first-order valence-corrected chi connectivity index (χ1v) is 16.3. The van der Waals surface area contributed by atoms with Gasteiger partial charge < -0.3 is 0 Å². The van der Waals surface area contributed by atoms with E-state index >= 15 is 0 Å². The molecule has 5 aliphatic rings. The third-order valence-corrected chi connectivity index (χ3v) is 11.0. The third kappa shape index (κ3) is 4.40. The molecule has 1 amide bonds. The number of halogens is 2. The Hall–Kier alpha value is -3.13. The molecule has 4 saturated carbocycles. The van der Waals surface area contributed by atoms with Crippen LogP contribution >= 0.6 is 35.0 Å². The summed E-state index contributed by atoms with van der Waals surface area (Å²) in [5.41, 5.74) is 8.67. The standard InChI is InChI=1S/C33H29Cl2N5OS/c34-22-9-10-28(27(35)14-22)40-31(33-15-19-11-20(16-33)13-21(12-19)17-33)38-39-32(40)42-18-29(41)36-37-30-25-7-3-1-5-23(25)24-6-2-4-8-26(24)30/h1-10,14,19-21H,11-13,15-18H2,(H,36,41). The number of nitrogens with one attached hydrogen (secondary N) is 1. The van der Waals surface area contributed by atoms with Gasteiger partial charge in [0.25, 0.3) is 5.91 Å². The monoisotopic (exact) mass is 613 g/mol. The van der Waals surface area contributed by atoms with Crippen LogP contribution in [0.15, 0.2) is 77.0 Å². The van der Waals surface area contributed by atoms with Gasteiger partial charge in [0.1, 0.15) is 5.82 Å². The number of carbonyl (C=O) groups is 1. The second-order valence-electron chi connectivity index (χ2n) is 12.3. The molecule has 4 bridgehead atoms. The first-order chi connectivity index (χ1) is 20.5. The Kier molecular flexibility index (Phi) is 6.47. The Bertz CT molecular complexity index is 1680. The van der Waals surface area contributed by atoms with Gasteiger partial charge in [-0.25, -0.2) is 5.43 Å². The molecule has 0 spiro atoms. The number of aromatic nitrogens is 3. The van der Waals surface area contributed by atoms with E-state index in [0.29, 0.717) is 15.2 Å². The molecule has 4 fully saturated rings. The van der Waals surface area contributed by atoms with Crippen LogP contribution in [0.4, 0.5) is 0 Å². The number of rotatable bonds is 6. The molecule has 9 heteroatoms. The number of thioether (sulfide) groups is 1. The Morgan fingerprint density at radius 2 is 1.48 bits per heavy atom. The molecule has 5 aliphatic carbocycles. The topological polar surface area (TPSA) is 72.2 Å². The second-order valence-corrected chi connectivity index (χ2v) is 14.1. The van der Waals surface area contributed by atoms with Crippen LogP contribution < -0.4 is 5.43 Å². The molecule has 9 rings (SSSR count). The van der Waals surface area contributed by atoms with Crippen molar-refractivity contribution in [1.29, 1.82) is 0 Å². The molecule has 4 aromatic rings. The van der Waals surface area contributed by atoms with Gasteiger partial charge in [-0.05, 0) is 85.6 Å².